The minimum atomic E-state index is -0.299. The summed E-state index contributed by atoms with van der Waals surface area (Å²) in [4.78, 5) is 72.9. The Bertz CT molecular complexity index is 4770. The predicted octanol–water partition coefficient (Wildman–Crippen LogP) is 13.8. The molecular formula is C79H64N20O3. The van der Waals surface area contributed by atoms with Crippen molar-refractivity contribution in [2.45, 2.75) is 40.4 Å². The number of anilines is 3. The Kier molecular flexibility index (Phi) is 20.8. The molecule has 6 aromatic carbocycles. The van der Waals surface area contributed by atoms with Gasteiger partial charge in [0.1, 0.15) is 42.5 Å². The average molecular weight is 1340 g/mol. The lowest BCUT2D eigenvalue weighted by atomic mass is 10.0. The Balaban J connectivity index is 0.000000137. The molecule has 0 unspecified atom stereocenters. The topological polar surface area (TPSA) is 283 Å². The fourth-order valence-corrected chi connectivity index (χ4v) is 11.1. The first-order valence-corrected chi connectivity index (χ1v) is 32.4. The van der Waals surface area contributed by atoms with Crippen molar-refractivity contribution in [2.75, 3.05) is 16.0 Å². The fourth-order valence-electron chi connectivity index (χ4n) is 11.1. The van der Waals surface area contributed by atoms with Gasteiger partial charge in [-0.2, -0.15) is 0 Å². The number of amides is 3. The Morgan fingerprint density at radius 1 is 0.284 bits per heavy atom. The number of rotatable bonds is 18. The van der Waals surface area contributed by atoms with Gasteiger partial charge in [0.05, 0.1) is 17.1 Å². The van der Waals surface area contributed by atoms with Crippen LogP contribution in [0.5, 0.6) is 0 Å². The van der Waals surface area contributed by atoms with Crippen LogP contribution in [0.1, 0.15) is 17.1 Å². The van der Waals surface area contributed by atoms with Crippen molar-refractivity contribution in [1.29, 1.82) is 0 Å². The number of aromatic nitrogens is 17. The van der Waals surface area contributed by atoms with Gasteiger partial charge in [0.25, 0.3) is 0 Å². The second kappa shape index (κ2) is 31.9. The van der Waals surface area contributed by atoms with E-state index in [0.29, 0.717) is 22.9 Å². The highest BCUT2D eigenvalue weighted by atomic mass is 16.2. The SMILES string of the molecule is Cc1cc(-c2nnn(CC(=O)Nc3ccc(-c4ccccc4)cn3)c2-c2ccccc2)ccn1.Cc1cc(-c2nnn(CC(=O)Nc3ncc(-c4ccccc4)cn3)c2-c2ccccc2)ccn1.Cc1cc(-c2nnn(CC(=O)Nc3ncc(-c4ccccc4)cn3)c2-c2ccccc2)ccn1. The van der Waals surface area contributed by atoms with E-state index in [0.717, 1.165) is 101 Å². The van der Waals surface area contributed by atoms with E-state index >= 15 is 0 Å². The molecule has 102 heavy (non-hydrogen) atoms. The van der Waals surface area contributed by atoms with Gasteiger partial charge in [-0.1, -0.05) is 198 Å². The second-order valence-electron chi connectivity index (χ2n) is 23.3. The van der Waals surface area contributed by atoms with Crippen molar-refractivity contribution < 1.29 is 14.4 Å². The van der Waals surface area contributed by atoms with Gasteiger partial charge in [-0.15, -0.1) is 15.3 Å². The average Bonchev–Trinajstić information content (AvgIpc) is 1.65. The molecule has 0 aliphatic carbocycles. The molecule has 0 aliphatic heterocycles. The maximum absolute atomic E-state index is 12.9. The van der Waals surface area contributed by atoms with E-state index < -0.39 is 0 Å². The summed E-state index contributed by atoms with van der Waals surface area (Å²) in [5.41, 5.74) is 18.2. The lowest BCUT2D eigenvalue weighted by Crippen LogP contribution is -2.21. The van der Waals surface area contributed by atoms with Crippen LogP contribution in [-0.4, -0.2) is 103 Å². The molecule has 15 rings (SSSR count). The van der Waals surface area contributed by atoms with Crippen LogP contribution in [0.4, 0.5) is 17.7 Å². The van der Waals surface area contributed by atoms with E-state index in [1.807, 2.05) is 245 Å². The van der Waals surface area contributed by atoms with Crippen LogP contribution in [0.25, 0.3) is 101 Å². The predicted molar refractivity (Wildman–Crippen MR) is 391 cm³/mol. The van der Waals surface area contributed by atoms with E-state index in [1.54, 1.807) is 69.7 Å². The zero-order valence-electron chi connectivity index (χ0n) is 55.5. The standard InChI is InChI=1S/C27H22N6O.2C26H21N7O/c1-19-16-22(14-15-28-19)26-27(21-10-6-3-7-11-21)33(32-31-26)18-25(34)30-24-13-12-23(17-29-24)20-8-4-2-5-9-20;2*1-18-14-21(12-13-27-18)24-25(20-10-6-3-7-11-20)33(32-31-24)17-23(34)30-26-28-15-22(16-29-26)19-8-4-2-5-9-19/h2-17H,18H2,1H3,(H,29,30,34);2*2-16H,17H2,1H3,(H,28,29,30,34). The van der Waals surface area contributed by atoms with Crippen molar-refractivity contribution in [1.82, 2.24) is 84.9 Å². The summed E-state index contributed by atoms with van der Waals surface area (Å²) in [6.07, 6.45) is 13.7. The molecule has 3 N–H and O–H groups in total. The highest BCUT2D eigenvalue weighted by molar-refractivity contribution is 5.92. The molecule has 0 saturated carbocycles. The summed E-state index contributed by atoms with van der Waals surface area (Å²) in [6.45, 7) is 5.71. The molecular weight excluding hydrogens is 1280 g/mol. The molecule has 9 heterocycles. The maximum atomic E-state index is 12.9. The van der Waals surface area contributed by atoms with E-state index in [-0.39, 0.29) is 49.3 Å². The summed E-state index contributed by atoms with van der Waals surface area (Å²) >= 11 is 0. The van der Waals surface area contributed by atoms with Crippen LogP contribution < -0.4 is 16.0 Å². The Morgan fingerprint density at radius 2 is 0.569 bits per heavy atom. The van der Waals surface area contributed by atoms with Crippen LogP contribution in [0.15, 0.2) is 280 Å². The third-order valence-corrected chi connectivity index (χ3v) is 15.9. The number of nitrogens with one attached hydrogen (secondary N) is 3. The molecule has 3 amide bonds. The van der Waals surface area contributed by atoms with E-state index in [1.165, 1.54) is 0 Å². The van der Waals surface area contributed by atoms with Crippen LogP contribution in [0, 0.1) is 20.8 Å². The van der Waals surface area contributed by atoms with Gasteiger partial charge in [0.15, 0.2) is 0 Å². The Morgan fingerprint density at radius 3 is 0.863 bits per heavy atom. The van der Waals surface area contributed by atoms with Gasteiger partial charge < -0.3 is 5.32 Å². The fraction of sp³-hybridized carbons (Fsp3) is 0.0759. The molecule has 0 saturated heterocycles. The monoisotopic (exact) mass is 1340 g/mol. The van der Waals surface area contributed by atoms with Gasteiger partial charge in [-0.25, -0.2) is 39.0 Å². The Hall–Kier alpha value is -14.1. The largest absolute Gasteiger partial charge is 0.309 e. The minimum absolute atomic E-state index is 0.00338. The third-order valence-electron chi connectivity index (χ3n) is 15.9. The summed E-state index contributed by atoms with van der Waals surface area (Å²) in [5, 5.41) is 34.4. The number of carbonyl (C=O) groups is 3. The summed E-state index contributed by atoms with van der Waals surface area (Å²) in [5.74, 6) is 0.113. The number of carbonyl (C=O) groups excluding carboxylic acids is 3. The molecule has 23 nitrogen and oxygen atoms in total. The molecule has 0 fully saturated rings. The van der Waals surface area contributed by atoms with Gasteiger partial charge in [0.2, 0.25) is 29.6 Å². The molecule has 0 spiro atoms. The number of benzene rings is 6. The lowest BCUT2D eigenvalue weighted by molar-refractivity contribution is -0.117. The van der Waals surface area contributed by atoms with Crippen molar-refractivity contribution in [3.05, 3.63) is 297 Å². The third kappa shape index (κ3) is 16.6. The number of nitrogens with zero attached hydrogens (tertiary/aromatic N) is 17. The second-order valence-corrected chi connectivity index (χ2v) is 23.3. The summed E-state index contributed by atoms with van der Waals surface area (Å²) in [7, 11) is 0. The molecule has 498 valence electrons. The van der Waals surface area contributed by atoms with E-state index in [9.17, 15) is 14.4 Å². The number of aryl methyl sites for hydroxylation is 3. The van der Waals surface area contributed by atoms with Crippen molar-refractivity contribution in [2.24, 2.45) is 0 Å². The molecule has 9 aromatic heterocycles. The number of hydrogen-bond donors (Lipinski definition) is 3. The molecule has 0 radical (unpaired) electrons. The smallest absolute Gasteiger partial charge is 0.248 e. The van der Waals surface area contributed by atoms with Crippen LogP contribution in [-0.2, 0) is 34.0 Å². The van der Waals surface area contributed by atoms with Gasteiger partial charge in [0, 0.05) is 117 Å². The van der Waals surface area contributed by atoms with Crippen LogP contribution in [0.3, 0.4) is 0 Å². The summed E-state index contributed by atoms with van der Waals surface area (Å²) < 4.78 is 4.80. The lowest BCUT2D eigenvalue weighted by Gasteiger charge is -2.10. The molecule has 0 atom stereocenters. The van der Waals surface area contributed by atoms with Gasteiger partial charge in [-0.3, -0.25) is 40.0 Å². The highest BCUT2D eigenvalue weighted by Gasteiger charge is 2.23. The first-order valence-electron chi connectivity index (χ1n) is 32.4. The van der Waals surface area contributed by atoms with Crippen molar-refractivity contribution in [3.63, 3.8) is 0 Å². The zero-order valence-corrected chi connectivity index (χ0v) is 55.5. The number of pyridine rings is 4. The summed E-state index contributed by atoms with van der Waals surface area (Å²) in [6, 6.07) is 74.2. The first-order chi connectivity index (χ1) is 50.0. The normalized spacial score (nSPS) is 10.7. The van der Waals surface area contributed by atoms with Crippen LogP contribution in [0.2, 0.25) is 0 Å². The molecule has 15 aromatic rings. The molecule has 23 heteroatoms. The first kappa shape index (κ1) is 66.5. The molecule has 0 bridgehead atoms. The quantitative estimate of drug-likeness (QED) is 0.0719. The van der Waals surface area contributed by atoms with Gasteiger partial charge >= 0.3 is 0 Å². The minimum Gasteiger partial charge on any atom is -0.309 e. The zero-order chi connectivity index (χ0) is 70.0. The van der Waals surface area contributed by atoms with Crippen LogP contribution >= 0.6 is 0 Å². The van der Waals surface area contributed by atoms with Gasteiger partial charge in [-0.05, 0) is 86.0 Å². The highest BCUT2D eigenvalue weighted by Crippen LogP contribution is 2.34. The van der Waals surface area contributed by atoms with E-state index in [2.05, 4.69) is 86.8 Å². The molecule has 0 aliphatic rings. The number of hydrogen-bond acceptors (Lipinski definition) is 17. The van der Waals surface area contributed by atoms with E-state index in [4.69, 9.17) is 0 Å². The van der Waals surface area contributed by atoms with Crippen molar-refractivity contribution >= 4 is 35.4 Å². The maximum Gasteiger partial charge on any atom is 0.248 e. The van der Waals surface area contributed by atoms with Crippen molar-refractivity contribution in [3.8, 4) is 101 Å². The Labute approximate surface area is 586 Å².